The Kier molecular flexibility index (Phi) is 4.84. The summed E-state index contributed by atoms with van der Waals surface area (Å²) >= 11 is 0. The minimum absolute atomic E-state index is 0. The molecule has 0 aliphatic carbocycles. The number of pyridine rings is 1. The van der Waals surface area contributed by atoms with E-state index in [9.17, 15) is 4.79 Å². The van der Waals surface area contributed by atoms with Gasteiger partial charge in [-0.1, -0.05) is 30.3 Å². The van der Waals surface area contributed by atoms with Gasteiger partial charge in [0.05, 0.1) is 0 Å². The van der Waals surface area contributed by atoms with Gasteiger partial charge in [0.15, 0.2) is 12.4 Å². The van der Waals surface area contributed by atoms with Crippen molar-refractivity contribution >= 4 is 28.5 Å². The number of ketones is 1. The highest BCUT2D eigenvalue weighted by Crippen LogP contribution is 2.00. The molecule has 88 valence electrons. The van der Waals surface area contributed by atoms with Gasteiger partial charge < -0.3 is 5.73 Å². The van der Waals surface area contributed by atoms with Crippen LogP contribution in [0.15, 0.2) is 54.9 Å². The molecule has 1 heterocycles. The van der Waals surface area contributed by atoms with Crippen LogP contribution in [0.5, 0.6) is 0 Å². The van der Waals surface area contributed by atoms with E-state index in [0.29, 0.717) is 12.2 Å². The monoisotopic (exact) mass is 293 g/mol. The summed E-state index contributed by atoms with van der Waals surface area (Å²) in [7, 11) is 0. The summed E-state index contributed by atoms with van der Waals surface area (Å²) in [6.07, 6.45) is 3.60. The number of benzene rings is 1. The van der Waals surface area contributed by atoms with E-state index < -0.39 is 0 Å². The Morgan fingerprint density at radius 3 is 2.24 bits per heavy atom. The molecule has 0 unspecified atom stereocenters. The number of nitrogens with zero attached hydrogens (tertiary/aromatic N) is 1. The summed E-state index contributed by atoms with van der Waals surface area (Å²) in [5, 5.41) is 0. The third kappa shape index (κ3) is 3.67. The highest BCUT2D eigenvalue weighted by Gasteiger charge is 2.10. The van der Waals surface area contributed by atoms with E-state index in [2.05, 4.69) is 0 Å². The molecule has 0 saturated heterocycles. The zero-order chi connectivity index (χ0) is 11.4. The Balaban J connectivity index is 0.00000144. The molecule has 0 atom stereocenters. The smallest absolute Gasteiger partial charge is 0.227 e. The molecule has 0 spiro atoms. The number of carbonyl (C=O) groups is 1. The molecule has 0 aliphatic rings. The number of hydrogen-bond donors (Lipinski definition) is 1. The standard InChI is InChI=1S/C13H12N2O.BrH/c14-12-6-8-15(9-7-12)10-13(16)11-4-2-1-3-5-11;/h1-9,14H,10H2;1H/p+1. The van der Waals surface area contributed by atoms with Crippen LogP contribution in [0.1, 0.15) is 10.4 Å². The Bertz CT molecular complexity index is 483. The Hall–Kier alpha value is -1.68. The zero-order valence-electron chi connectivity index (χ0n) is 9.24. The first-order valence-corrected chi connectivity index (χ1v) is 5.08. The number of aromatic nitrogens is 1. The predicted molar refractivity (Wildman–Crippen MR) is 72.1 cm³/mol. The number of anilines is 1. The van der Waals surface area contributed by atoms with Crippen LogP contribution in [-0.2, 0) is 6.54 Å². The van der Waals surface area contributed by atoms with Crippen LogP contribution in [0.2, 0.25) is 0 Å². The van der Waals surface area contributed by atoms with Crippen LogP contribution < -0.4 is 10.3 Å². The molecule has 0 amide bonds. The number of hydrogen-bond acceptors (Lipinski definition) is 2. The van der Waals surface area contributed by atoms with Gasteiger partial charge in [0, 0.05) is 23.4 Å². The average Bonchev–Trinajstić information content (AvgIpc) is 2.33. The molecular weight excluding hydrogens is 280 g/mol. The fourth-order valence-electron chi connectivity index (χ4n) is 1.46. The molecule has 1 aromatic carbocycles. The van der Waals surface area contributed by atoms with Crippen molar-refractivity contribution < 1.29 is 9.36 Å². The number of nitrogens with two attached hydrogens (primary N) is 1. The molecule has 0 bridgehead atoms. The van der Waals surface area contributed by atoms with Gasteiger partial charge in [-0.3, -0.25) is 4.79 Å². The first-order chi connectivity index (χ1) is 7.75. The summed E-state index contributed by atoms with van der Waals surface area (Å²) < 4.78 is 1.81. The minimum Gasteiger partial charge on any atom is -0.398 e. The zero-order valence-corrected chi connectivity index (χ0v) is 11.0. The second-order valence-electron chi connectivity index (χ2n) is 3.59. The van der Waals surface area contributed by atoms with E-state index in [1.807, 2.05) is 34.9 Å². The Morgan fingerprint density at radius 1 is 1.06 bits per heavy atom. The normalized spacial score (nSPS) is 9.41. The Morgan fingerprint density at radius 2 is 1.65 bits per heavy atom. The molecule has 2 aromatic rings. The van der Waals surface area contributed by atoms with Crippen LogP contribution in [0.3, 0.4) is 0 Å². The first kappa shape index (κ1) is 13.4. The third-order valence-corrected chi connectivity index (χ3v) is 2.34. The van der Waals surface area contributed by atoms with Crippen LogP contribution in [0.25, 0.3) is 0 Å². The number of Topliss-reactive ketones (excluding diaryl/α,β-unsaturated/α-hetero) is 1. The van der Waals surface area contributed by atoms with Crippen molar-refractivity contribution in [3.63, 3.8) is 0 Å². The third-order valence-electron chi connectivity index (χ3n) is 2.34. The topological polar surface area (TPSA) is 47.0 Å². The minimum atomic E-state index is 0. The molecule has 0 radical (unpaired) electrons. The van der Waals surface area contributed by atoms with Gasteiger partial charge in [-0.05, 0) is 0 Å². The highest BCUT2D eigenvalue weighted by atomic mass is 79.9. The molecule has 4 heteroatoms. The van der Waals surface area contributed by atoms with Crippen LogP contribution in [-0.4, -0.2) is 5.78 Å². The lowest BCUT2D eigenvalue weighted by molar-refractivity contribution is -0.683. The summed E-state index contributed by atoms with van der Waals surface area (Å²) in [5.41, 5.74) is 7.00. The van der Waals surface area contributed by atoms with E-state index in [0.717, 1.165) is 5.56 Å². The molecule has 0 saturated carbocycles. The van der Waals surface area contributed by atoms with Gasteiger partial charge in [0.2, 0.25) is 12.3 Å². The van der Waals surface area contributed by atoms with Crippen molar-refractivity contribution in [1.82, 2.24) is 0 Å². The number of rotatable bonds is 3. The maximum Gasteiger partial charge on any atom is 0.227 e. The van der Waals surface area contributed by atoms with Gasteiger partial charge in [-0.25, -0.2) is 0 Å². The lowest BCUT2D eigenvalue weighted by Crippen LogP contribution is -2.37. The van der Waals surface area contributed by atoms with Crippen molar-refractivity contribution in [2.75, 3.05) is 5.73 Å². The average molecular weight is 294 g/mol. The van der Waals surface area contributed by atoms with Crippen molar-refractivity contribution in [1.29, 1.82) is 0 Å². The number of carbonyl (C=O) groups excluding carboxylic acids is 1. The molecule has 3 nitrogen and oxygen atoms in total. The van der Waals surface area contributed by atoms with Crippen LogP contribution in [0.4, 0.5) is 5.69 Å². The lowest BCUT2D eigenvalue weighted by atomic mass is 10.1. The molecule has 17 heavy (non-hydrogen) atoms. The van der Waals surface area contributed by atoms with E-state index in [1.54, 1.807) is 24.5 Å². The van der Waals surface area contributed by atoms with Gasteiger partial charge in [0.1, 0.15) is 0 Å². The van der Waals surface area contributed by atoms with E-state index in [4.69, 9.17) is 5.73 Å². The van der Waals surface area contributed by atoms with Crippen molar-refractivity contribution in [2.45, 2.75) is 6.54 Å². The fourth-order valence-corrected chi connectivity index (χ4v) is 1.46. The summed E-state index contributed by atoms with van der Waals surface area (Å²) in [6.45, 7) is 0.338. The lowest BCUT2D eigenvalue weighted by Gasteiger charge is -1.97. The molecular formula is C13H14BrN2O+. The van der Waals surface area contributed by atoms with Crippen LogP contribution in [0, 0.1) is 0 Å². The number of nitrogen functional groups attached to an aromatic ring is 1. The molecule has 0 aliphatic heterocycles. The maximum atomic E-state index is 11.8. The largest absolute Gasteiger partial charge is 0.398 e. The van der Waals surface area contributed by atoms with Crippen molar-refractivity contribution in [3.8, 4) is 0 Å². The molecule has 1 aromatic heterocycles. The predicted octanol–water partition coefficient (Wildman–Crippen LogP) is 2.02. The van der Waals surface area contributed by atoms with Gasteiger partial charge in [-0.15, -0.1) is 17.0 Å². The molecule has 2 N–H and O–H groups in total. The molecule has 0 fully saturated rings. The summed E-state index contributed by atoms with van der Waals surface area (Å²) in [5.74, 6) is 0.0929. The second kappa shape index (κ2) is 6.15. The van der Waals surface area contributed by atoms with Crippen molar-refractivity contribution in [3.05, 3.63) is 60.4 Å². The van der Waals surface area contributed by atoms with Crippen molar-refractivity contribution in [2.24, 2.45) is 0 Å². The first-order valence-electron chi connectivity index (χ1n) is 5.08. The van der Waals surface area contributed by atoms with Gasteiger partial charge in [0.25, 0.3) is 0 Å². The van der Waals surface area contributed by atoms with Gasteiger partial charge >= 0.3 is 0 Å². The quantitative estimate of drug-likeness (QED) is 0.695. The van der Waals surface area contributed by atoms with E-state index in [-0.39, 0.29) is 22.8 Å². The SMILES string of the molecule is Br.Nc1cc[n+](CC(=O)c2ccccc2)cc1. The maximum absolute atomic E-state index is 11.8. The second-order valence-corrected chi connectivity index (χ2v) is 3.59. The Labute approximate surface area is 111 Å². The van der Waals surface area contributed by atoms with Crippen LogP contribution >= 0.6 is 17.0 Å². The summed E-state index contributed by atoms with van der Waals surface area (Å²) in [6, 6.07) is 12.8. The number of halogens is 1. The summed E-state index contributed by atoms with van der Waals surface area (Å²) in [4.78, 5) is 11.8. The van der Waals surface area contributed by atoms with Gasteiger partial charge in [-0.2, -0.15) is 4.57 Å². The van der Waals surface area contributed by atoms with E-state index in [1.165, 1.54) is 0 Å². The van der Waals surface area contributed by atoms with E-state index >= 15 is 0 Å². The molecule has 2 rings (SSSR count). The fraction of sp³-hybridized carbons (Fsp3) is 0.0769. The highest BCUT2D eigenvalue weighted by molar-refractivity contribution is 8.93.